The molecular formula is C74H68Br2N4O2. The van der Waals surface area contributed by atoms with Gasteiger partial charge in [0.2, 0.25) is 0 Å². The van der Waals surface area contributed by atoms with Gasteiger partial charge in [0.1, 0.15) is 0 Å². The average molecular weight is 1210 g/mol. The monoisotopic (exact) mass is 1200 g/mol. The van der Waals surface area contributed by atoms with Crippen molar-refractivity contribution in [3.63, 3.8) is 0 Å². The Kier molecular flexibility index (Phi) is 14.2. The molecule has 0 saturated heterocycles. The van der Waals surface area contributed by atoms with Crippen LogP contribution in [-0.4, -0.2) is 31.5 Å². The van der Waals surface area contributed by atoms with Crippen molar-refractivity contribution in [2.75, 3.05) is 0 Å². The molecule has 3 aromatic heterocycles. The van der Waals surface area contributed by atoms with E-state index in [-0.39, 0.29) is 11.6 Å². The first-order chi connectivity index (χ1) is 39.8. The van der Waals surface area contributed by atoms with E-state index in [1.54, 1.807) is 0 Å². The van der Waals surface area contributed by atoms with Crippen molar-refractivity contribution in [2.24, 2.45) is 0 Å². The Bertz CT molecular complexity index is 4320. The van der Waals surface area contributed by atoms with Crippen LogP contribution in [0.25, 0.3) is 110 Å². The average Bonchev–Trinajstić information content (AvgIpc) is 4.29. The number of aromatic nitrogens is 4. The Labute approximate surface area is 497 Å². The molecular weight excluding hydrogens is 1140 g/mol. The molecule has 0 radical (unpaired) electrons. The minimum atomic E-state index is -0.0775. The lowest BCUT2D eigenvalue weighted by Gasteiger charge is -2.19. The van der Waals surface area contributed by atoms with Crippen molar-refractivity contribution in [1.29, 1.82) is 0 Å². The SMILES string of the molecule is CCC1=C(C)c2nc1cc1[nH]c(c(C)c1CC)c1c3nc(cc4[nH]c(c(C)c4CC)c2-c2cccc4cc5ccc(cc5cc24)CCCCC2=C(Br)C(=O)C(=C(Br)C2=O)CCCCc2ccc4cc5cccc-1c5cc4c2)C(CC)=C3C. The van der Waals surface area contributed by atoms with Crippen LogP contribution in [0.1, 0.15) is 149 Å². The van der Waals surface area contributed by atoms with Gasteiger partial charge in [-0.15, -0.1) is 0 Å². The van der Waals surface area contributed by atoms with Gasteiger partial charge >= 0.3 is 0 Å². The first kappa shape index (κ1) is 54.0. The van der Waals surface area contributed by atoms with Gasteiger partial charge < -0.3 is 9.97 Å². The van der Waals surface area contributed by atoms with Gasteiger partial charge in [0.05, 0.1) is 42.8 Å². The van der Waals surface area contributed by atoms with Gasteiger partial charge in [0.25, 0.3) is 0 Å². The van der Waals surface area contributed by atoms with Gasteiger partial charge in [-0.25, -0.2) is 9.97 Å². The maximum atomic E-state index is 14.0. The van der Waals surface area contributed by atoms with E-state index in [4.69, 9.17) is 9.97 Å². The van der Waals surface area contributed by atoms with Crippen LogP contribution in [0.5, 0.6) is 0 Å². The van der Waals surface area contributed by atoms with E-state index in [0.717, 1.165) is 131 Å². The van der Waals surface area contributed by atoms with Gasteiger partial charge in [0, 0.05) is 33.3 Å². The maximum absolute atomic E-state index is 14.0. The number of hydrogen-bond donors (Lipinski definition) is 2. The standard InChI is InChI=1S/C74H68Br2N4O2/c1-9-51-39(5)69-65-55-25-17-21-47-33-45-29-27-43(31-49(45)35-59(47)55)19-13-15-23-57-67(75)74(82)58(68(76)73(57)81)24-16-14-20-44-28-30-46-34-48-22-18-26-56(60(48)36-50(46)32-44)66(71-40(6)52(10-2)62(78-71)37-61(51)77-69)72-42(8)54(12-4)64(80-72)38-63-53(11-3)41(7)70(65)79-63/h17-18,21-22,25-38,77,80H,9-16,19-20,23-24H2,1-8H3. The fourth-order valence-electron chi connectivity index (χ4n) is 14.2. The first-order valence-corrected chi connectivity index (χ1v) is 31.4. The Balaban J connectivity index is 1.13. The number of benzene rings is 6. The molecule has 0 unspecified atom stereocenters. The molecule has 0 saturated carbocycles. The molecule has 16 rings (SSSR count). The second-order valence-corrected chi connectivity index (χ2v) is 24.8. The third-order valence-electron chi connectivity index (χ3n) is 18.6. The smallest absolute Gasteiger partial charge is 0.197 e. The predicted molar refractivity (Wildman–Crippen MR) is 353 cm³/mol. The number of rotatable bonds is 4. The van der Waals surface area contributed by atoms with Crippen molar-refractivity contribution >= 4 is 131 Å². The van der Waals surface area contributed by atoms with Gasteiger partial charge in [-0.1, -0.05) is 100 Å². The summed E-state index contributed by atoms with van der Waals surface area (Å²) in [5, 5.41) is 9.43. The second kappa shape index (κ2) is 21.5. The van der Waals surface area contributed by atoms with Gasteiger partial charge in [-0.3, -0.25) is 9.59 Å². The largest absolute Gasteiger partial charge is 0.354 e. The molecule has 18 bridgehead atoms. The molecule has 6 nitrogen and oxygen atoms in total. The molecule has 8 heteroatoms. The third kappa shape index (κ3) is 8.93. The summed E-state index contributed by atoms with van der Waals surface area (Å²) in [6, 6.07) is 41.3. The minimum Gasteiger partial charge on any atom is -0.354 e. The molecule has 9 heterocycles. The number of nitrogens with one attached hydrogen (secondary N) is 2. The molecule has 82 heavy (non-hydrogen) atoms. The van der Waals surface area contributed by atoms with E-state index in [2.05, 4.69) is 206 Å². The summed E-state index contributed by atoms with van der Waals surface area (Å²) in [6.45, 7) is 18.2. The molecule has 6 aliphatic heterocycles. The van der Waals surface area contributed by atoms with Crippen LogP contribution in [0.2, 0.25) is 0 Å². The highest BCUT2D eigenvalue weighted by Gasteiger charge is 2.32. The number of carbonyl (C=O) groups is 2. The summed E-state index contributed by atoms with van der Waals surface area (Å²) < 4.78 is 0.834. The van der Waals surface area contributed by atoms with E-state index >= 15 is 0 Å². The van der Waals surface area contributed by atoms with E-state index in [1.165, 1.54) is 98.8 Å². The zero-order valence-corrected chi connectivity index (χ0v) is 51.5. The highest BCUT2D eigenvalue weighted by atomic mass is 79.9. The topological polar surface area (TPSA) is 91.5 Å². The zero-order valence-electron chi connectivity index (χ0n) is 48.3. The highest BCUT2D eigenvalue weighted by Crippen LogP contribution is 2.47. The summed E-state index contributed by atoms with van der Waals surface area (Å²) in [7, 11) is 0. The lowest BCUT2D eigenvalue weighted by molar-refractivity contribution is -0.115. The van der Waals surface area contributed by atoms with Crippen LogP contribution in [0.15, 0.2) is 129 Å². The molecule has 0 spiro atoms. The Hall–Kier alpha value is -7.26. The number of hydrogen-bond acceptors (Lipinski definition) is 4. The molecule has 0 atom stereocenters. The Morgan fingerprint density at radius 1 is 0.451 bits per heavy atom. The number of halogens is 2. The number of aryl methyl sites for hydroxylation is 6. The number of allylic oxidation sites excluding steroid dienone is 8. The van der Waals surface area contributed by atoms with E-state index in [0.29, 0.717) is 33.0 Å². The van der Waals surface area contributed by atoms with Crippen molar-refractivity contribution < 1.29 is 9.59 Å². The number of H-pyrrole nitrogens is 2. The van der Waals surface area contributed by atoms with Gasteiger partial charge in [-0.05, 0) is 283 Å². The first-order valence-electron chi connectivity index (χ1n) is 29.8. The van der Waals surface area contributed by atoms with Crippen molar-refractivity contribution in [2.45, 2.75) is 132 Å². The molecule has 410 valence electrons. The third-order valence-corrected chi connectivity index (χ3v) is 20.3. The number of nitrogens with zero attached hydrogens (tertiary/aromatic N) is 2. The predicted octanol–water partition coefficient (Wildman–Crippen LogP) is 20.6. The van der Waals surface area contributed by atoms with Crippen LogP contribution >= 0.6 is 31.9 Å². The minimum absolute atomic E-state index is 0.0775. The van der Waals surface area contributed by atoms with Crippen LogP contribution in [-0.2, 0) is 35.3 Å². The molecule has 0 fully saturated rings. The summed E-state index contributed by atoms with van der Waals surface area (Å²) >= 11 is 7.25. The van der Waals surface area contributed by atoms with Crippen LogP contribution in [0, 0.1) is 13.8 Å². The van der Waals surface area contributed by atoms with Gasteiger partial charge in [0.15, 0.2) is 11.6 Å². The summed E-state index contributed by atoms with van der Waals surface area (Å²) in [6.07, 6.45) is 9.45. The molecule has 2 N–H and O–H groups in total. The van der Waals surface area contributed by atoms with Crippen molar-refractivity contribution in [1.82, 2.24) is 19.9 Å². The summed E-state index contributed by atoms with van der Waals surface area (Å²) in [5.41, 5.74) is 26.3. The fourth-order valence-corrected chi connectivity index (χ4v) is 15.4. The van der Waals surface area contributed by atoms with E-state index in [1.807, 2.05) is 0 Å². The molecule has 0 amide bonds. The van der Waals surface area contributed by atoms with Gasteiger partial charge in [-0.2, -0.15) is 0 Å². The van der Waals surface area contributed by atoms with Crippen LogP contribution < -0.4 is 0 Å². The number of ketones is 2. The molecule has 9 aromatic rings. The maximum Gasteiger partial charge on any atom is 0.197 e. The van der Waals surface area contributed by atoms with Crippen molar-refractivity contribution in [3.05, 3.63) is 185 Å². The lowest BCUT2D eigenvalue weighted by Crippen LogP contribution is -2.20. The van der Waals surface area contributed by atoms with E-state index in [9.17, 15) is 9.59 Å². The van der Waals surface area contributed by atoms with Crippen LogP contribution in [0.3, 0.4) is 0 Å². The number of aromatic amines is 2. The Morgan fingerprint density at radius 3 is 1.27 bits per heavy atom. The zero-order chi connectivity index (χ0) is 56.8. The molecule has 1 aliphatic carbocycles. The van der Waals surface area contributed by atoms with E-state index < -0.39 is 0 Å². The van der Waals surface area contributed by atoms with Crippen molar-refractivity contribution in [3.8, 4) is 22.3 Å². The quantitative estimate of drug-likeness (QED) is 0.136. The summed E-state index contributed by atoms with van der Waals surface area (Å²) in [4.78, 5) is 47.9. The normalized spacial score (nSPS) is 15.6. The second-order valence-electron chi connectivity index (χ2n) is 23.2. The Morgan fingerprint density at radius 2 is 0.866 bits per heavy atom. The highest BCUT2D eigenvalue weighted by molar-refractivity contribution is 9.12. The molecule has 6 aromatic carbocycles. The van der Waals surface area contributed by atoms with Crippen LogP contribution in [0.4, 0.5) is 0 Å². The molecule has 7 aliphatic rings. The fraction of sp³-hybridized carbons (Fsp3) is 0.270. The number of Topliss-reactive ketones (excluding diaryl/α,β-unsaturated/α-hetero) is 2. The number of carbonyl (C=O) groups excluding carboxylic acids is 2. The lowest BCUT2D eigenvalue weighted by atomic mass is 9.90. The summed E-state index contributed by atoms with van der Waals surface area (Å²) in [5.74, 6) is -0.155.